The van der Waals surface area contributed by atoms with Crippen molar-refractivity contribution in [3.63, 3.8) is 0 Å². The Labute approximate surface area is 131 Å². The maximum atomic E-state index is 4.69. The average Bonchev–Trinajstić information content (AvgIpc) is 2.38. The lowest BCUT2D eigenvalue weighted by Gasteiger charge is -2.10. The molecule has 0 bridgehead atoms. The van der Waals surface area contributed by atoms with Crippen molar-refractivity contribution in [2.45, 2.75) is 82.3 Å². The summed E-state index contributed by atoms with van der Waals surface area (Å²) in [6, 6.07) is 0. The van der Waals surface area contributed by atoms with Crippen LogP contribution in [0.2, 0.25) is 0 Å². The van der Waals surface area contributed by atoms with Gasteiger partial charge in [-0.15, -0.1) is 0 Å². The van der Waals surface area contributed by atoms with Crippen LogP contribution in [0.3, 0.4) is 0 Å². The zero-order valence-corrected chi connectivity index (χ0v) is 14.5. The molecule has 0 aromatic rings. The second kappa shape index (κ2) is 16.1. The Morgan fingerprint density at radius 3 is 1.22 bits per heavy atom. The highest BCUT2D eigenvalue weighted by Gasteiger charge is 2.02. The summed E-state index contributed by atoms with van der Waals surface area (Å²) in [6.45, 7) is 0. The molecule has 0 heterocycles. The highest BCUT2D eigenvalue weighted by Crippen LogP contribution is 2.17. The summed E-state index contributed by atoms with van der Waals surface area (Å²) in [5.41, 5.74) is 0. The molecule has 110 valence electrons. The fourth-order valence-corrected chi connectivity index (χ4v) is 3.00. The first-order chi connectivity index (χ1) is 8.81. The van der Waals surface area contributed by atoms with Gasteiger partial charge in [-0.05, 0) is 37.2 Å². The van der Waals surface area contributed by atoms with E-state index in [2.05, 4.69) is 25.3 Å². The van der Waals surface area contributed by atoms with Crippen LogP contribution in [-0.2, 0) is 0 Å². The molecule has 0 saturated carbocycles. The van der Waals surface area contributed by atoms with E-state index < -0.39 is 0 Å². The summed E-state index contributed by atoms with van der Waals surface area (Å²) < 4.78 is 0. The van der Waals surface area contributed by atoms with Gasteiger partial charge in [0.25, 0.3) is 0 Å². The van der Waals surface area contributed by atoms with Gasteiger partial charge in [0, 0.05) is 5.25 Å². The molecule has 0 rings (SSSR count). The van der Waals surface area contributed by atoms with E-state index in [-0.39, 0.29) is 0 Å². The van der Waals surface area contributed by atoms with Crippen molar-refractivity contribution in [2.24, 2.45) is 0 Å². The zero-order valence-electron chi connectivity index (χ0n) is 11.8. The first kappa shape index (κ1) is 19.1. The van der Waals surface area contributed by atoms with Crippen LogP contribution in [0.1, 0.15) is 77.0 Å². The van der Waals surface area contributed by atoms with Crippen molar-refractivity contribution in [1.29, 1.82) is 0 Å². The van der Waals surface area contributed by atoms with Gasteiger partial charge in [-0.25, -0.2) is 0 Å². The molecule has 0 nitrogen and oxygen atoms in total. The van der Waals surface area contributed by atoms with Gasteiger partial charge in [0.1, 0.15) is 0 Å². The zero-order chi connectivity index (χ0) is 13.5. The number of thiol groups is 3. The Hall–Kier alpha value is 1.05. The summed E-state index contributed by atoms with van der Waals surface area (Å²) in [6.07, 6.45) is 16.1. The molecular weight excluding hydrogens is 276 g/mol. The molecule has 0 unspecified atom stereocenters. The normalized spacial score (nSPS) is 11.3. The van der Waals surface area contributed by atoms with E-state index in [0.29, 0.717) is 5.25 Å². The Kier molecular flexibility index (Phi) is 17.0. The largest absolute Gasteiger partial charge is 0.179 e. The minimum absolute atomic E-state index is 0.639. The molecule has 0 aliphatic carbocycles. The van der Waals surface area contributed by atoms with Crippen molar-refractivity contribution in [2.75, 3.05) is 11.5 Å². The topological polar surface area (TPSA) is 0 Å². The Bertz CT molecular complexity index is 135. The summed E-state index contributed by atoms with van der Waals surface area (Å²) in [7, 11) is 0. The fourth-order valence-electron chi connectivity index (χ4n) is 2.19. The molecule has 0 radical (unpaired) electrons. The molecule has 0 spiro atoms. The maximum absolute atomic E-state index is 4.69. The van der Waals surface area contributed by atoms with Crippen LogP contribution in [-0.4, -0.2) is 16.8 Å². The van der Waals surface area contributed by atoms with Gasteiger partial charge in [0.2, 0.25) is 0 Å². The standard InChI is InChI=1S/C15H32S3/c16-13-9-5-1-3-7-11-15(18)12-8-4-2-6-10-14-17/h15-18H,1-14H2. The highest BCUT2D eigenvalue weighted by molar-refractivity contribution is 7.81. The van der Waals surface area contributed by atoms with Crippen LogP contribution >= 0.6 is 37.9 Å². The molecule has 0 saturated heterocycles. The molecule has 3 heteroatoms. The molecular formula is C15H32S3. The van der Waals surface area contributed by atoms with Gasteiger partial charge >= 0.3 is 0 Å². The monoisotopic (exact) mass is 308 g/mol. The molecule has 18 heavy (non-hydrogen) atoms. The van der Waals surface area contributed by atoms with E-state index in [4.69, 9.17) is 12.6 Å². The van der Waals surface area contributed by atoms with Crippen LogP contribution in [0.5, 0.6) is 0 Å². The second-order valence-corrected chi connectivity index (χ2v) is 6.84. The van der Waals surface area contributed by atoms with Crippen LogP contribution in [0, 0.1) is 0 Å². The minimum Gasteiger partial charge on any atom is -0.179 e. The number of hydrogen-bond acceptors (Lipinski definition) is 3. The van der Waals surface area contributed by atoms with E-state index >= 15 is 0 Å². The van der Waals surface area contributed by atoms with Crippen molar-refractivity contribution >= 4 is 37.9 Å². The molecule has 0 aliphatic rings. The number of hydrogen-bond donors (Lipinski definition) is 3. The lowest BCUT2D eigenvalue weighted by Crippen LogP contribution is -1.98. The molecule has 0 aliphatic heterocycles. The lowest BCUT2D eigenvalue weighted by molar-refractivity contribution is 0.554. The Morgan fingerprint density at radius 2 is 0.833 bits per heavy atom. The van der Waals surface area contributed by atoms with Crippen molar-refractivity contribution < 1.29 is 0 Å². The van der Waals surface area contributed by atoms with E-state index in [1.807, 2.05) is 0 Å². The Balaban J connectivity index is 3.10. The Morgan fingerprint density at radius 1 is 0.500 bits per heavy atom. The van der Waals surface area contributed by atoms with E-state index in [1.54, 1.807) is 0 Å². The van der Waals surface area contributed by atoms with Crippen molar-refractivity contribution in [1.82, 2.24) is 0 Å². The van der Waals surface area contributed by atoms with Crippen LogP contribution in [0.25, 0.3) is 0 Å². The maximum Gasteiger partial charge on any atom is 0.00168 e. The SMILES string of the molecule is SCCCCCCCC(S)CCCCCCCS. The third-order valence-corrected chi connectivity index (χ3v) is 4.54. The van der Waals surface area contributed by atoms with Gasteiger partial charge in [0.15, 0.2) is 0 Å². The van der Waals surface area contributed by atoms with Gasteiger partial charge in [-0.3, -0.25) is 0 Å². The van der Waals surface area contributed by atoms with Gasteiger partial charge in [-0.1, -0.05) is 51.4 Å². The smallest absolute Gasteiger partial charge is 0.00168 e. The van der Waals surface area contributed by atoms with Crippen molar-refractivity contribution in [3.8, 4) is 0 Å². The number of unbranched alkanes of at least 4 members (excludes halogenated alkanes) is 8. The first-order valence-corrected chi connectivity index (χ1v) is 9.49. The lowest BCUT2D eigenvalue weighted by atomic mass is 10.0. The summed E-state index contributed by atoms with van der Waals surface area (Å²) in [5.74, 6) is 2.09. The van der Waals surface area contributed by atoms with Crippen LogP contribution in [0.15, 0.2) is 0 Å². The second-order valence-electron chi connectivity index (χ2n) is 5.21. The third kappa shape index (κ3) is 15.1. The molecule has 0 aromatic carbocycles. The first-order valence-electron chi connectivity index (χ1n) is 7.71. The predicted octanol–water partition coefficient (Wildman–Crippen LogP) is 5.83. The molecule has 0 N–H and O–H groups in total. The summed E-state index contributed by atoms with van der Waals surface area (Å²) in [5, 5.41) is 0.639. The molecule has 0 amide bonds. The van der Waals surface area contributed by atoms with Crippen LogP contribution in [0.4, 0.5) is 0 Å². The van der Waals surface area contributed by atoms with E-state index in [9.17, 15) is 0 Å². The predicted molar refractivity (Wildman–Crippen MR) is 95.9 cm³/mol. The van der Waals surface area contributed by atoms with Crippen molar-refractivity contribution in [3.05, 3.63) is 0 Å². The molecule has 0 fully saturated rings. The average molecular weight is 309 g/mol. The van der Waals surface area contributed by atoms with Crippen LogP contribution < -0.4 is 0 Å². The van der Waals surface area contributed by atoms with E-state index in [0.717, 1.165) is 11.5 Å². The third-order valence-electron chi connectivity index (χ3n) is 3.39. The summed E-state index contributed by atoms with van der Waals surface area (Å²) >= 11 is 13.2. The molecule has 0 atom stereocenters. The highest BCUT2D eigenvalue weighted by atomic mass is 32.1. The summed E-state index contributed by atoms with van der Waals surface area (Å²) in [4.78, 5) is 0. The van der Waals surface area contributed by atoms with Gasteiger partial charge < -0.3 is 0 Å². The fraction of sp³-hybridized carbons (Fsp3) is 1.00. The minimum atomic E-state index is 0.639. The quantitative estimate of drug-likeness (QED) is 0.261. The van der Waals surface area contributed by atoms with Gasteiger partial charge in [-0.2, -0.15) is 37.9 Å². The number of rotatable bonds is 14. The van der Waals surface area contributed by atoms with Gasteiger partial charge in [0.05, 0.1) is 0 Å². The molecule has 0 aromatic heterocycles. The van der Waals surface area contributed by atoms with E-state index in [1.165, 1.54) is 77.0 Å².